The zero-order valence-electron chi connectivity index (χ0n) is 13.5. The van der Waals surface area contributed by atoms with Crippen molar-refractivity contribution < 1.29 is 9.59 Å². The molecule has 0 bridgehead atoms. The van der Waals surface area contributed by atoms with E-state index in [1.54, 1.807) is 0 Å². The minimum absolute atomic E-state index is 0. The number of carbonyl (C=O) groups is 2. The van der Waals surface area contributed by atoms with Crippen LogP contribution in [-0.4, -0.2) is 24.9 Å². The van der Waals surface area contributed by atoms with Gasteiger partial charge in [-0.25, -0.2) is 0 Å². The van der Waals surface area contributed by atoms with Gasteiger partial charge in [0.2, 0.25) is 11.8 Å². The first-order chi connectivity index (χ1) is 10.5. The van der Waals surface area contributed by atoms with Crippen molar-refractivity contribution in [1.82, 2.24) is 10.6 Å². The average molecular weight is 338 g/mol. The van der Waals surface area contributed by atoms with Gasteiger partial charge in [0, 0.05) is 18.0 Å². The van der Waals surface area contributed by atoms with Crippen molar-refractivity contribution in [2.45, 2.75) is 32.7 Å². The Bertz CT molecular complexity index is 602. The topological polar surface area (TPSA) is 70.2 Å². The Balaban J connectivity index is 0.00000192. The van der Waals surface area contributed by atoms with E-state index in [4.69, 9.17) is 0 Å². The molecular formula is C17H24ClN3O2. The Labute approximate surface area is 143 Å². The highest BCUT2D eigenvalue weighted by Gasteiger charge is 2.29. The van der Waals surface area contributed by atoms with Crippen LogP contribution in [-0.2, 0) is 16.0 Å². The van der Waals surface area contributed by atoms with Crippen molar-refractivity contribution >= 4 is 29.9 Å². The van der Waals surface area contributed by atoms with Crippen LogP contribution in [0.4, 0.5) is 5.69 Å². The van der Waals surface area contributed by atoms with Crippen molar-refractivity contribution in [1.29, 1.82) is 0 Å². The van der Waals surface area contributed by atoms with Gasteiger partial charge in [0.15, 0.2) is 0 Å². The predicted octanol–water partition coefficient (Wildman–Crippen LogP) is 2.03. The molecule has 126 valence electrons. The molecule has 1 aromatic carbocycles. The molecule has 2 aliphatic rings. The minimum Gasteiger partial charge on any atom is -0.349 e. The van der Waals surface area contributed by atoms with Crippen LogP contribution in [0.2, 0.25) is 0 Å². The Morgan fingerprint density at radius 1 is 1.26 bits per heavy atom. The van der Waals surface area contributed by atoms with Gasteiger partial charge in [-0.2, -0.15) is 0 Å². The molecule has 1 aromatic rings. The number of benzene rings is 1. The van der Waals surface area contributed by atoms with E-state index >= 15 is 0 Å². The van der Waals surface area contributed by atoms with Crippen molar-refractivity contribution in [3.63, 3.8) is 0 Å². The zero-order valence-corrected chi connectivity index (χ0v) is 14.3. The maximum Gasteiger partial charge on any atom is 0.224 e. The van der Waals surface area contributed by atoms with Gasteiger partial charge in [0.05, 0.1) is 6.04 Å². The maximum atomic E-state index is 12.3. The molecule has 2 unspecified atom stereocenters. The number of hydrogen-bond acceptors (Lipinski definition) is 3. The zero-order chi connectivity index (χ0) is 15.7. The summed E-state index contributed by atoms with van der Waals surface area (Å²) in [5, 5.41) is 9.19. The summed E-state index contributed by atoms with van der Waals surface area (Å²) in [7, 11) is 0. The number of carbonyl (C=O) groups excluding carboxylic acids is 2. The van der Waals surface area contributed by atoms with E-state index in [0.29, 0.717) is 12.3 Å². The fraction of sp³-hybridized carbons (Fsp3) is 0.529. The second kappa shape index (κ2) is 7.32. The Hall–Kier alpha value is -1.59. The van der Waals surface area contributed by atoms with Gasteiger partial charge in [0.1, 0.15) is 0 Å². The highest BCUT2D eigenvalue weighted by molar-refractivity contribution is 5.93. The Morgan fingerprint density at radius 2 is 2.00 bits per heavy atom. The standard InChI is InChI=1S/C17H23N3O2.ClH/c1-10(14-8-18-9-14)17(22)19-11(2)12-3-5-15-13(7-12)4-6-16(21)20-15;/h3,5,7,10-11,14,18H,4,6,8-9H2,1-2H3,(H,19,22)(H,20,21);1H. The first kappa shape index (κ1) is 17.8. The highest BCUT2D eigenvalue weighted by atomic mass is 35.5. The summed E-state index contributed by atoms with van der Waals surface area (Å²) in [5.74, 6) is 0.682. The van der Waals surface area contributed by atoms with Gasteiger partial charge >= 0.3 is 0 Å². The summed E-state index contributed by atoms with van der Waals surface area (Å²) < 4.78 is 0. The van der Waals surface area contributed by atoms with Gasteiger partial charge < -0.3 is 16.0 Å². The minimum atomic E-state index is -0.0223. The fourth-order valence-electron chi connectivity index (χ4n) is 2.98. The Morgan fingerprint density at radius 3 is 2.65 bits per heavy atom. The number of anilines is 1. The van der Waals surface area contributed by atoms with Crippen LogP contribution in [0, 0.1) is 11.8 Å². The second-order valence-corrected chi connectivity index (χ2v) is 6.40. The number of nitrogens with one attached hydrogen (secondary N) is 3. The average Bonchev–Trinajstić information content (AvgIpc) is 2.44. The summed E-state index contributed by atoms with van der Waals surface area (Å²) >= 11 is 0. The van der Waals surface area contributed by atoms with Gasteiger partial charge in [-0.3, -0.25) is 9.59 Å². The van der Waals surface area contributed by atoms with Gasteiger partial charge in [0.25, 0.3) is 0 Å². The Kier molecular flexibility index (Phi) is 5.65. The molecule has 5 nitrogen and oxygen atoms in total. The third-order valence-corrected chi connectivity index (χ3v) is 4.82. The molecule has 0 aromatic heterocycles. The van der Waals surface area contributed by atoms with Crippen LogP contribution < -0.4 is 16.0 Å². The van der Waals surface area contributed by atoms with Crippen molar-refractivity contribution in [2.24, 2.45) is 11.8 Å². The molecule has 2 heterocycles. The molecule has 0 radical (unpaired) electrons. The van der Waals surface area contributed by atoms with Crippen molar-refractivity contribution in [2.75, 3.05) is 18.4 Å². The number of hydrogen-bond donors (Lipinski definition) is 3. The second-order valence-electron chi connectivity index (χ2n) is 6.40. The normalized spacial score (nSPS) is 19.5. The molecular weight excluding hydrogens is 314 g/mol. The first-order valence-electron chi connectivity index (χ1n) is 7.98. The van der Waals surface area contributed by atoms with Crippen LogP contribution >= 0.6 is 12.4 Å². The van der Waals surface area contributed by atoms with E-state index in [-0.39, 0.29) is 36.2 Å². The lowest BCUT2D eigenvalue weighted by Crippen LogP contribution is -2.49. The molecule has 3 N–H and O–H groups in total. The van der Waals surface area contributed by atoms with Gasteiger partial charge in [-0.05, 0) is 49.5 Å². The maximum absolute atomic E-state index is 12.3. The summed E-state index contributed by atoms with van der Waals surface area (Å²) in [6.07, 6.45) is 1.29. The quantitative estimate of drug-likeness (QED) is 0.787. The van der Waals surface area contributed by atoms with E-state index in [1.807, 2.05) is 26.0 Å². The van der Waals surface area contributed by atoms with Crippen LogP contribution in [0.1, 0.15) is 37.4 Å². The van der Waals surface area contributed by atoms with E-state index in [2.05, 4.69) is 22.0 Å². The molecule has 0 aliphatic carbocycles. The summed E-state index contributed by atoms with van der Waals surface area (Å²) in [4.78, 5) is 23.7. The van der Waals surface area contributed by atoms with Gasteiger partial charge in [-0.1, -0.05) is 19.1 Å². The van der Waals surface area contributed by atoms with E-state index in [1.165, 1.54) is 0 Å². The third-order valence-electron chi connectivity index (χ3n) is 4.82. The lowest BCUT2D eigenvalue weighted by molar-refractivity contribution is -0.127. The van der Waals surface area contributed by atoms with Crippen LogP contribution in [0.25, 0.3) is 0 Å². The first-order valence-corrected chi connectivity index (χ1v) is 7.98. The molecule has 3 rings (SSSR count). The SMILES string of the molecule is CC(NC(=O)C(C)C1CNC1)c1ccc2c(c1)CCC(=O)N2.Cl. The molecule has 1 fully saturated rings. The van der Waals surface area contributed by atoms with E-state index < -0.39 is 0 Å². The van der Waals surface area contributed by atoms with E-state index in [0.717, 1.165) is 36.3 Å². The highest BCUT2D eigenvalue weighted by Crippen LogP contribution is 2.26. The van der Waals surface area contributed by atoms with Crippen LogP contribution in [0.15, 0.2) is 18.2 Å². The lowest BCUT2D eigenvalue weighted by Gasteiger charge is -2.32. The smallest absolute Gasteiger partial charge is 0.224 e. The molecule has 1 saturated heterocycles. The van der Waals surface area contributed by atoms with Crippen molar-refractivity contribution in [3.05, 3.63) is 29.3 Å². The molecule has 23 heavy (non-hydrogen) atoms. The number of fused-ring (bicyclic) bond motifs is 1. The number of halogens is 1. The largest absolute Gasteiger partial charge is 0.349 e. The predicted molar refractivity (Wildman–Crippen MR) is 92.7 cm³/mol. The summed E-state index contributed by atoms with van der Waals surface area (Å²) in [5.41, 5.74) is 3.13. The number of rotatable bonds is 4. The van der Waals surface area contributed by atoms with Crippen LogP contribution in [0.5, 0.6) is 0 Å². The summed E-state index contributed by atoms with van der Waals surface area (Å²) in [6.45, 7) is 5.87. The molecule has 2 atom stereocenters. The number of amides is 2. The molecule has 2 aliphatic heterocycles. The molecule has 2 amide bonds. The third kappa shape index (κ3) is 3.85. The monoisotopic (exact) mass is 337 g/mol. The summed E-state index contributed by atoms with van der Waals surface area (Å²) in [6, 6.07) is 5.98. The van der Waals surface area contributed by atoms with E-state index in [9.17, 15) is 9.59 Å². The van der Waals surface area contributed by atoms with Crippen molar-refractivity contribution in [3.8, 4) is 0 Å². The fourth-order valence-corrected chi connectivity index (χ4v) is 2.98. The molecule has 0 saturated carbocycles. The molecule has 0 spiro atoms. The van der Waals surface area contributed by atoms with Gasteiger partial charge in [-0.15, -0.1) is 12.4 Å². The number of aryl methyl sites for hydroxylation is 1. The van der Waals surface area contributed by atoms with Crippen LogP contribution in [0.3, 0.4) is 0 Å². The molecule has 6 heteroatoms. The lowest BCUT2D eigenvalue weighted by atomic mass is 9.88.